The Labute approximate surface area is 68.8 Å². The van der Waals surface area contributed by atoms with Crippen LogP contribution in [0.15, 0.2) is 0 Å². The highest BCUT2D eigenvalue weighted by Crippen LogP contribution is 2.11. The lowest BCUT2D eigenvalue weighted by Crippen LogP contribution is -2.44. The summed E-state index contributed by atoms with van der Waals surface area (Å²) in [5.74, 6) is 5.89. The van der Waals surface area contributed by atoms with E-state index in [2.05, 4.69) is 29.4 Å². The van der Waals surface area contributed by atoms with Gasteiger partial charge < -0.3 is 5.32 Å². The number of rotatable bonds is 2. The molecular weight excluding hydrogens is 136 g/mol. The Bertz CT molecular complexity index is 170. The zero-order chi connectivity index (χ0) is 8.16. The van der Waals surface area contributed by atoms with E-state index in [1.807, 2.05) is 6.92 Å². The summed E-state index contributed by atoms with van der Waals surface area (Å²) in [7, 11) is 0. The highest BCUT2D eigenvalue weighted by Gasteiger charge is 2.26. The van der Waals surface area contributed by atoms with Crippen LogP contribution in [0.2, 0.25) is 0 Å². The standard InChI is InChI=1S/C9H16N2/c1-3-4-6-11-9(2)5-7-10-8-9/h10-11H,5-8H2,1-2H3. The molecule has 0 aliphatic carbocycles. The minimum Gasteiger partial charge on any atom is -0.315 e. The first-order chi connectivity index (χ1) is 5.27. The largest absolute Gasteiger partial charge is 0.315 e. The molecule has 0 aromatic carbocycles. The zero-order valence-corrected chi connectivity index (χ0v) is 7.33. The summed E-state index contributed by atoms with van der Waals surface area (Å²) < 4.78 is 0. The van der Waals surface area contributed by atoms with Crippen molar-refractivity contribution in [2.45, 2.75) is 25.8 Å². The SMILES string of the molecule is CC#CCNC1(C)CCNC1. The smallest absolute Gasteiger partial charge is 0.0580 e. The van der Waals surface area contributed by atoms with Crippen LogP contribution in [0.3, 0.4) is 0 Å². The molecule has 1 atom stereocenters. The van der Waals surface area contributed by atoms with Gasteiger partial charge in [-0.25, -0.2) is 0 Å². The first kappa shape index (κ1) is 8.58. The summed E-state index contributed by atoms with van der Waals surface area (Å²) in [6, 6.07) is 0. The third-order valence-electron chi connectivity index (χ3n) is 2.15. The molecule has 1 aliphatic heterocycles. The van der Waals surface area contributed by atoms with Crippen molar-refractivity contribution in [2.75, 3.05) is 19.6 Å². The van der Waals surface area contributed by atoms with Crippen LogP contribution in [0.5, 0.6) is 0 Å². The van der Waals surface area contributed by atoms with Gasteiger partial charge in [0, 0.05) is 12.1 Å². The van der Waals surface area contributed by atoms with E-state index in [0.29, 0.717) is 0 Å². The van der Waals surface area contributed by atoms with Crippen molar-refractivity contribution in [2.24, 2.45) is 0 Å². The average Bonchev–Trinajstić information content (AvgIpc) is 2.38. The van der Waals surface area contributed by atoms with Crippen LogP contribution in [-0.2, 0) is 0 Å². The monoisotopic (exact) mass is 152 g/mol. The molecule has 1 saturated heterocycles. The molecule has 1 fully saturated rings. The van der Waals surface area contributed by atoms with E-state index >= 15 is 0 Å². The molecule has 1 aliphatic rings. The summed E-state index contributed by atoms with van der Waals surface area (Å²) in [6.07, 6.45) is 1.21. The van der Waals surface area contributed by atoms with Crippen LogP contribution < -0.4 is 10.6 Å². The highest BCUT2D eigenvalue weighted by atomic mass is 15.1. The molecule has 1 unspecified atom stereocenters. The molecule has 0 amide bonds. The van der Waals surface area contributed by atoms with Gasteiger partial charge in [0.1, 0.15) is 0 Å². The second kappa shape index (κ2) is 3.75. The molecule has 0 radical (unpaired) electrons. The van der Waals surface area contributed by atoms with E-state index in [4.69, 9.17) is 0 Å². The first-order valence-electron chi connectivity index (χ1n) is 4.12. The minimum atomic E-state index is 0.282. The van der Waals surface area contributed by atoms with Crippen molar-refractivity contribution in [3.05, 3.63) is 0 Å². The molecule has 2 heteroatoms. The van der Waals surface area contributed by atoms with E-state index in [1.54, 1.807) is 0 Å². The number of hydrogen-bond donors (Lipinski definition) is 2. The van der Waals surface area contributed by atoms with E-state index < -0.39 is 0 Å². The Morgan fingerprint density at radius 3 is 3.00 bits per heavy atom. The molecule has 0 bridgehead atoms. The summed E-state index contributed by atoms with van der Waals surface area (Å²) in [4.78, 5) is 0. The third kappa shape index (κ3) is 2.53. The van der Waals surface area contributed by atoms with Gasteiger partial charge in [-0.15, -0.1) is 5.92 Å². The van der Waals surface area contributed by atoms with Crippen molar-refractivity contribution in [1.29, 1.82) is 0 Å². The van der Waals surface area contributed by atoms with Crippen molar-refractivity contribution in [3.63, 3.8) is 0 Å². The van der Waals surface area contributed by atoms with Gasteiger partial charge in [0.15, 0.2) is 0 Å². The van der Waals surface area contributed by atoms with Gasteiger partial charge in [-0.05, 0) is 26.8 Å². The molecule has 2 N–H and O–H groups in total. The molecule has 0 aromatic heterocycles. The van der Waals surface area contributed by atoms with E-state index in [1.165, 1.54) is 6.42 Å². The van der Waals surface area contributed by atoms with Crippen LogP contribution in [0.1, 0.15) is 20.3 Å². The van der Waals surface area contributed by atoms with Crippen LogP contribution >= 0.6 is 0 Å². The molecule has 0 spiro atoms. The Kier molecular flexibility index (Phi) is 2.92. The minimum absolute atomic E-state index is 0.282. The molecular formula is C9H16N2. The average molecular weight is 152 g/mol. The van der Waals surface area contributed by atoms with Crippen molar-refractivity contribution < 1.29 is 0 Å². The van der Waals surface area contributed by atoms with Gasteiger partial charge in [0.2, 0.25) is 0 Å². The molecule has 1 rings (SSSR count). The van der Waals surface area contributed by atoms with Gasteiger partial charge >= 0.3 is 0 Å². The Hall–Kier alpha value is -0.520. The van der Waals surface area contributed by atoms with E-state index in [9.17, 15) is 0 Å². The van der Waals surface area contributed by atoms with Crippen LogP contribution in [0, 0.1) is 11.8 Å². The third-order valence-corrected chi connectivity index (χ3v) is 2.15. The fraction of sp³-hybridized carbons (Fsp3) is 0.778. The Morgan fingerprint density at radius 1 is 1.64 bits per heavy atom. The number of nitrogens with one attached hydrogen (secondary N) is 2. The maximum atomic E-state index is 3.42. The molecule has 0 aromatic rings. The van der Waals surface area contributed by atoms with Gasteiger partial charge in [-0.3, -0.25) is 5.32 Å². The molecule has 2 nitrogen and oxygen atoms in total. The summed E-state index contributed by atoms with van der Waals surface area (Å²) in [6.45, 7) is 7.12. The number of hydrogen-bond acceptors (Lipinski definition) is 2. The maximum absolute atomic E-state index is 3.42. The Morgan fingerprint density at radius 2 is 2.45 bits per heavy atom. The molecule has 11 heavy (non-hydrogen) atoms. The molecule has 62 valence electrons. The van der Waals surface area contributed by atoms with E-state index in [-0.39, 0.29) is 5.54 Å². The maximum Gasteiger partial charge on any atom is 0.0580 e. The van der Waals surface area contributed by atoms with Gasteiger partial charge in [0.25, 0.3) is 0 Å². The summed E-state index contributed by atoms with van der Waals surface area (Å²) in [5.41, 5.74) is 0.282. The van der Waals surface area contributed by atoms with Gasteiger partial charge in [-0.1, -0.05) is 5.92 Å². The highest BCUT2D eigenvalue weighted by molar-refractivity contribution is 5.01. The second-order valence-corrected chi connectivity index (χ2v) is 3.27. The van der Waals surface area contributed by atoms with Crippen LogP contribution in [-0.4, -0.2) is 25.2 Å². The Balaban J connectivity index is 2.26. The lowest BCUT2D eigenvalue weighted by atomic mass is 10.0. The predicted molar refractivity (Wildman–Crippen MR) is 47.3 cm³/mol. The normalized spacial score (nSPS) is 29.6. The summed E-state index contributed by atoms with van der Waals surface area (Å²) >= 11 is 0. The fourth-order valence-corrected chi connectivity index (χ4v) is 1.31. The van der Waals surface area contributed by atoms with Crippen LogP contribution in [0.25, 0.3) is 0 Å². The molecule has 1 heterocycles. The van der Waals surface area contributed by atoms with Gasteiger partial charge in [-0.2, -0.15) is 0 Å². The van der Waals surface area contributed by atoms with Crippen molar-refractivity contribution in [1.82, 2.24) is 10.6 Å². The van der Waals surface area contributed by atoms with Crippen molar-refractivity contribution in [3.8, 4) is 11.8 Å². The predicted octanol–water partition coefficient (Wildman–Crippen LogP) is 0.351. The van der Waals surface area contributed by atoms with Crippen molar-refractivity contribution >= 4 is 0 Å². The lowest BCUT2D eigenvalue weighted by Gasteiger charge is -2.22. The van der Waals surface area contributed by atoms with Crippen LogP contribution in [0.4, 0.5) is 0 Å². The fourth-order valence-electron chi connectivity index (χ4n) is 1.31. The zero-order valence-electron chi connectivity index (χ0n) is 7.33. The lowest BCUT2D eigenvalue weighted by molar-refractivity contribution is 0.409. The van der Waals surface area contributed by atoms with Gasteiger partial charge in [0.05, 0.1) is 6.54 Å². The second-order valence-electron chi connectivity index (χ2n) is 3.27. The first-order valence-corrected chi connectivity index (χ1v) is 4.12. The quantitative estimate of drug-likeness (QED) is 0.558. The summed E-state index contributed by atoms with van der Waals surface area (Å²) in [5, 5.41) is 6.75. The molecule has 0 saturated carbocycles. The topological polar surface area (TPSA) is 24.1 Å². The van der Waals surface area contributed by atoms with E-state index in [0.717, 1.165) is 19.6 Å².